The third kappa shape index (κ3) is 4.18. The van der Waals surface area contributed by atoms with Crippen molar-refractivity contribution in [3.63, 3.8) is 0 Å². The Bertz CT molecular complexity index is 1220. The molecule has 0 fully saturated rings. The second-order valence-corrected chi connectivity index (χ2v) is 7.90. The number of carbonyl (C=O) groups is 1. The quantitative estimate of drug-likeness (QED) is 0.424. The van der Waals surface area contributed by atoms with E-state index in [0.29, 0.717) is 12.2 Å². The molecule has 0 saturated heterocycles. The van der Waals surface area contributed by atoms with E-state index in [1.165, 1.54) is 11.3 Å². The summed E-state index contributed by atoms with van der Waals surface area (Å²) in [5.41, 5.74) is 4.48. The zero-order chi connectivity index (χ0) is 22.0. The summed E-state index contributed by atoms with van der Waals surface area (Å²) < 4.78 is 12.5. The van der Waals surface area contributed by atoms with Gasteiger partial charge in [0.25, 0.3) is 0 Å². The number of thiazole rings is 1. The van der Waals surface area contributed by atoms with Crippen molar-refractivity contribution in [1.82, 2.24) is 9.55 Å². The topological polar surface area (TPSA) is 73.6 Å². The molecule has 0 aliphatic rings. The molecule has 0 aliphatic heterocycles. The standard InChI is InChI=1S/C24H22N2O4S/c1-15-20(24(27)28)12-22(26(15)13-16-5-4-6-19(11-16)30-3)21-14-31-23(25-21)17-7-9-18(29-2)10-8-17/h4-12,14H,13H2,1-3H3,(H,27,28). The van der Waals surface area contributed by atoms with Gasteiger partial charge in [-0.05, 0) is 55.0 Å². The number of carboxylic acid groups (broad SMARTS) is 1. The minimum absolute atomic E-state index is 0.275. The van der Waals surface area contributed by atoms with Crippen LogP contribution >= 0.6 is 11.3 Å². The molecule has 0 amide bonds. The molecule has 2 heterocycles. The number of benzene rings is 2. The molecule has 2 aromatic heterocycles. The smallest absolute Gasteiger partial charge is 0.337 e. The van der Waals surface area contributed by atoms with E-state index >= 15 is 0 Å². The van der Waals surface area contributed by atoms with E-state index in [9.17, 15) is 9.90 Å². The predicted molar refractivity (Wildman–Crippen MR) is 121 cm³/mol. The monoisotopic (exact) mass is 434 g/mol. The molecule has 158 valence electrons. The van der Waals surface area contributed by atoms with Gasteiger partial charge < -0.3 is 19.1 Å². The van der Waals surface area contributed by atoms with Crippen LogP contribution in [-0.2, 0) is 6.54 Å². The molecule has 31 heavy (non-hydrogen) atoms. The van der Waals surface area contributed by atoms with Crippen molar-refractivity contribution < 1.29 is 19.4 Å². The maximum atomic E-state index is 11.8. The summed E-state index contributed by atoms with van der Waals surface area (Å²) in [7, 11) is 3.26. The first-order valence-corrected chi connectivity index (χ1v) is 10.5. The van der Waals surface area contributed by atoms with Crippen molar-refractivity contribution in [3.8, 4) is 33.5 Å². The zero-order valence-electron chi connectivity index (χ0n) is 17.5. The van der Waals surface area contributed by atoms with Crippen molar-refractivity contribution in [3.05, 3.63) is 76.8 Å². The number of aromatic carboxylic acids is 1. The highest BCUT2D eigenvalue weighted by molar-refractivity contribution is 7.13. The van der Waals surface area contributed by atoms with E-state index in [1.807, 2.05) is 65.4 Å². The Hall–Kier alpha value is -3.58. The van der Waals surface area contributed by atoms with Crippen LogP contribution in [0.4, 0.5) is 0 Å². The zero-order valence-corrected chi connectivity index (χ0v) is 18.3. The molecule has 0 spiro atoms. The number of nitrogens with zero attached hydrogens (tertiary/aromatic N) is 2. The summed E-state index contributed by atoms with van der Waals surface area (Å²) >= 11 is 1.52. The Kier molecular flexibility index (Phi) is 5.77. The molecule has 0 aliphatic carbocycles. The second kappa shape index (κ2) is 8.65. The molecule has 1 N–H and O–H groups in total. The maximum Gasteiger partial charge on any atom is 0.337 e. The Balaban J connectivity index is 1.74. The first-order chi connectivity index (χ1) is 15.0. The van der Waals surface area contributed by atoms with E-state index in [4.69, 9.17) is 14.5 Å². The first-order valence-electron chi connectivity index (χ1n) is 9.67. The summed E-state index contributed by atoms with van der Waals surface area (Å²) in [4.78, 5) is 16.6. The van der Waals surface area contributed by atoms with E-state index in [2.05, 4.69) is 0 Å². The molecule has 4 rings (SSSR count). The normalized spacial score (nSPS) is 10.8. The lowest BCUT2D eigenvalue weighted by Gasteiger charge is -2.12. The fourth-order valence-electron chi connectivity index (χ4n) is 3.49. The summed E-state index contributed by atoms with van der Waals surface area (Å²) in [6.45, 7) is 2.34. The second-order valence-electron chi connectivity index (χ2n) is 7.04. The summed E-state index contributed by atoms with van der Waals surface area (Å²) in [6, 6.07) is 17.2. The summed E-state index contributed by atoms with van der Waals surface area (Å²) in [6.07, 6.45) is 0. The summed E-state index contributed by atoms with van der Waals surface area (Å²) in [5, 5.41) is 12.5. The Morgan fingerprint density at radius 1 is 1.06 bits per heavy atom. The number of methoxy groups -OCH3 is 2. The van der Waals surface area contributed by atoms with Gasteiger partial charge in [-0.3, -0.25) is 0 Å². The molecule has 0 radical (unpaired) electrons. The van der Waals surface area contributed by atoms with Gasteiger partial charge >= 0.3 is 5.97 Å². The van der Waals surface area contributed by atoms with Crippen LogP contribution in [0, 0.1) is 6.92 Å². The first kappa shape index (κ1) is 20.7. The van der Waals surface area contributed by atoms with Gasteiger partial charge in [-0.25, -0.2) is 9.78 Å². The average molecular weight is 435 g/mol. The fourth-order valence-corrected chi connectivity index (χ4v) is 4.31. The van der Waals surface area contributed by atoms with Crippen molar-refractivity contribution >= 4 is 17.3 Å². The van der Waals surface area contributed by atoms with E-state index in [1.54, 1.807) is 20.3 Å². The lowest BCUT2D eigenvalue weighted by molar-refractivity contribution is 0.0696. The Morgan fingerprint density at radius 2 is 1.81 bits per heavy atom. The molecule has 0 saturated carbocycles. The van der Waals surface area contributed by atoms with Gasteiger partial charge in [0.1, 0.15) is 16.5 Å². The molecule has 4 aromatic rings. The predicted octanol–water partition coefficient (Wildman–Crippen LogP) is 5.35. The third-order valence-electron chi connectivity index (χ3n) is 5.18. The molecule has 7 heteroatoms. The van der Waals surface area contributed by atoms with E-state index in [-0.39, 0.29) is 5.56 Å². The number of carboxylic acids is 1. The minimum Gasteiger partial charge on any atom is -0.497 e. The fraction of sp³-hybridized carbons (Fsp3) is 0.167. The number of aromatic nitrogens is 2. The van der Waals surface area contributed by atoms with Gasteiger partial charge in [-0.2, -0.15) is 0 Å². The van der Waals surface area contributed by atoms with Gasteiger partial charge in [0.05, 0.1) is 31.2 Å². The molecule has 6 nitrogen and oxygen atoms in total. The summed E-state index contributed by atoms with van der Waals surface area (Å²) in [5.74, 6) is 0.598. The highest BCUT2D eigenvalue weighted by Gasteiger charge is 2.20. The van der Waals surface area contributed by atoms with Gasteiger partial charge in [0.2, 0.25) is 0 Å². The Labute approximate surface area is 184 Å². The lowest BCUT2D eigenvalue weighted by Crippen LogP contribution is -2.06. The Morgan fingerprint density at radius 3 is 2.48 bits per heavy atom. The van der Waals surface area contributed by atoms with Crippen LogP contribution in [0.2, 0.25) is 0 Å². The van der Waals surface area contributed by atoms with Crippen LogP contribution < -0.4 is 9.47 Å². The van der Waals surface area contributed by atoms with Crippen molar-refractivity contribution in [2.24, 2.45) is 0 Å². The molecule has 0 unspecified atom stereocenters. The van der Waals surface area contributed by atoms with Crippen molar-refractivity contribution in [2.45, 2.75) is 13.5 Å². The van der Waals surface area contributed by atoms with E-state index in [0.717, 1.165) is 39.0 Å². The highest BCUT2D eigenvalue weighted by Crippen LogP contribution is 2.33. The third-order valence-corrected chi connectivity index (χ3v) is 6.07. The highest BCUT2D eigenvalue weighted by atomic mass is 32.1. The molecule has 0 atom stereocenters. The van der Waals surface area contributed by atoms with Crippen LogP contribution in [0.5, 0.6) is 11.5 Å². The minimum atomic E-state index is -0.950. The van der Waals surface area contributed by atoms with Crippen molar-refractivity contribution in [2.75, 3.05) is 14.2 Å². The van der Waals surface area contributed by atoms with Crippen molar-refractivity contribution in [1.29, 1.82) is 0 Å². The molecule has 2 aromatic carbocycles. The number of rotatable bonds is 7. The van der Waals surface area contributed by atoms with Crippen LogP contribution in [-0.4, -0.2) is 34.8 Å². The van der Waals surface area contributed by atoms with Gasteiger partial charge in [-0.1, -0.05) is 12.1 Å². The van der Waals surface area contributed by atoms with Crippen LogP contribution in [0.15, 0.2) is 60.0 Å². The number of hydrogen-bond acceptors (Lipinski definition) is 5. The molecular weight excluding hydrogens is 412 g/mol. The van der Waals surface area contributed by atoms with Crippen LogP contribution in [0.1, 0.15) is 21.6 Å². The van der Waals surface area contributed by atoms with Crippen LogP contribution in [0.3, 0.4) is 0 Å². The van der Waals surface area contributed by atoms with Crippen LogP contribution in [0.25, 0.3) is 22.0 Å². The molecular formula is C24H22N2O4S. The lowest BCUT2D eigenvalue weighted by atomic mass is 10.2. The van der Waals surface area contributed by atoms with Gasteiger partial charge in [0.15, 0.2) is 0 Å². The number of ether oxygens (including phenoxy) is 2. The largest absolute Gasteiger partial charge is 0.497 e. The van der Waals surface area contributed by atoms with E-state index < -0.39 is 5.97 Å². The van der Waals surface area contributed by atoms with Gasteiger partial charge in [0, 0.05) is 23.2 Å². The maximum absolute atomic E-state index is 11.8. The average Bonchev–Trinajstić information content (AvgIpc) is 3.39. The SMILES string of the molecule is COc1ccc(-c2nc(-c3cc(C(=O)O)c(C)n3Cc3cccc(OC)c3)cs2)cc1. The molecule has 0 bridgehead atoms. The number of hydrogen-bond donors (Lipinski definition) is 1. The van der Waals surface area contributed by atoms with Gasteiger partial charge in [-0.15, -0.1) is 11.3 Å².